The smallest absolute Gasteiger partial charge is 0.230 e. The largest absolute Gasteiger partial charge is 0.354 e. The van der Waals surface area contributed by atoms with E-state index in [1.54, 1.807) is 12.1 Å². The fourth-order valence-electron chi connectivity index (χ4n) is 4.37. The molecule has 0 heterocycles. The van der Waals surface area contributed by atoms with E-state index in [0.717, 1.165) is 31.2 Å². The van der Waals surface area contributed by atoms with Crippen LogP contribution in [0.4, 0.5) is 4.39 Å². The molecule has 0 saturated heterocycles. The second-order valence-corrected chi connectivity index (χ2v) is 7.63. The lowest BCUT2D eigenvalue weighted by Gasteiger charge is -2.31. The molecule has 1 amide bonds. The van der Waals surface area contributed by atoms with E-state index in [1.165, 1.54) is 30.5 Å². The highest BCUT2D eigenvalue weighted by Crippen LogP contribution is 2.49. The Morgan fingerprint density at radius 3 is 2.12 bits per heavy atom. The van der Waals surface area contributed by atoms with Crippen molar-refractivity contribution in [1.82, 2.24) is 5.32 Å². The van der Waals surface area contributed by atoms with Gasteiger partial charge >= 0.3 is 0 Å². The van der Waals surface area contributed by atoms with Crippen molar-refractivity contribution in [3.05, 3.63) is 71.5 Å². The van der Waals surface area contributed by atoms with E-state index in [4.69, 9.17) is 0 Å². The van der Waals surface area contributed by atoms with E-state index in [1.807, 2.05) is 6.07 Å². The lowest BCUT2D eigenvalue weighted by atomic mass is 9.78. The van der Waals surface area contributed by atoms with Crippen molar-refractivity contribution in [2.75, 3.05) is 6.54 Å². The summed E-state index contributed by atoms with van der Waals surface area (Å²) in [6.45, 7) is 0.693. The minimum Gasteiger partial charge on any atom is -0.354 e. The molecule has 0 radical (unpaired) electrons. The minimum absolute atomic E-state index is 0.0653. The Labute approximate surface area is 148 Å². The van der Waals surface area contributed by atoms with E-state index >= 15 is 0 Å². The van der Waals surface area contributed by atoms with E-state index in [-0.39, 0.29) is 17.1 Å². The van der Waals surface area contributed by atoms with Gasteiger partial charge in [0.05, 0.1) is 5.41 Å². The first-order valence-corrected chi connectivity index (χ1v) is 9.25. The maximum Gasteiger partial charge on any atom is 0.230 e. The summed E-state index contributed by atoms with van der Waals surface area (Å²) < 4.78 is 13.2. The Bertz CT molecular complexity index is 743. The van der Waals surface area contributed by atoms with Gasteiger partial charge in [0, 0.05) is 12.0 Å². The highest BCUT2D eigenvalue weighted by atomic mass is 19.1. The van der Waals surface area contributed by atoms with Gasteiger partial charge in [-0.2, -0.15) is 0 Å². The van der Waals surface area contributed by atoms with Gasteiger partial charge in [-0.3, -0.25) is 4.79 Å². The number of carbonyl (C=O) groups is 1. The van der Waals surface area contributed by atoms with Crippen LogP contribution in [0, 0.1) is 5.82 Å². The quantitative estimate of drug-likeness (QED) is 0.856. The van der Waals surface area contributed by atoms with Gasteiger partial charge in [-0.15, -0.1) is 0 Å². The number of hydrogen-bond donors (Lipinski definition) is 1. The van der Waals surface area contributed by atoms with Crippen molar-refractivity contribution in [2.24, 2.45) is 0 Å². The molecule has 0 bridgehead atoms. The molecule has 0 aliphatic heterocycles. The Morgan fingerprint density at radius 2 is 1.52 bits per heavy atom. The topological polar surface area (TPSA) is 29.1 Å². The van der Waals surface area contributed by atoms with Gasteiger partial charge in [0.1, 0.15) is 5.82 Å². The lowest BCUT2D eigenvalue weighted by molar-refractivity contribution is -0.123. The van der Waals surface area contributed by atoms with Crippen LogP contribution >= 0.6 is 0 Å². The third kappa shape index (κ3) is 2.97. The summed E-state index contributed by atoms with van der Waals surface area (Å²) in [5, 5.41) is 3.25. The van der Waals surface area contributed by atoms with E-state index < -0.39 is 5.41 Å². The van der Waals surface area contributed by atoms with Crippen molar-refractivity contribution in [3.63, 3.8) is 0 Å². The molecule has 2 fully saturated rings. The fourth-order valence-corrected chi connectivity index (χ4v) is 4.37. The minimum atomic E-state index is -0.440. The first-order valence-electron chi connectivity index (χ1n) is 9.25. The molecule has 0 atom stereocenters. The van der Waals surface area contributed by atoms with E-state index in [0.29, 0.717) is 6.54 Å². The highest BCUT2D eigenvalue weighted by Gasteiger charge is 2.51. The summed E-state index contributed by atoms with van der Waals surface area (Å²) in [7, 11) is 0. The van der Waals surface area contributed by atoms with Gasteiger partial charge in [-0.25, -0.2) is 4.39 Å². The van der Waals surface area contributed by atoms with Crippen LogP contribution in [0.1, 0.15) is 49.7 Å². The van der Waals surface area contributed by atoms with Crippen LogP contribution in [-0.4, -0.2) is 12.5 Å². The summed E-state index contributed by atoms with van der Waals surface area (Å²) in [6, 6.07) is 17.0. The van der Waals surface area contributed by atoms with Gasteiger partial charge in [-0.1, -0.05) is 55.3 Å². The van der Waals surface area contributed by atoms with Crippen LogP contribution < -0.4 is 5.32 Å². The van der Waals surface area contributed by atoms with Crippen LogP contribution in [0.2, 0.25) is 0 Å². The molecule has 0 unspecified atom stereocenters. The Hall–Kier alpha value is -2.16. The zero-order valence-corrected chi connectivity index (χ0v) is 14.4. The van der Waals surface area contributed by atoms with Crippen molar-refractivity contribution in [1.29, 1.82) is 0 Å². The molecule has 2 saturated carbocycles. The lowest BCUT2D eigenvalue weighted by Crippen LogP contribution is -2.43. The first kappa shape index (κ1) is 16.3. The zero-order valence-electron chi connectivity index (χ0n) is 14.4. The predicted octanol–water partition coefficient (Wildman–Crippen LogP) is 4.49. The molecule has 3 heteroatoms. The average Bonchev–Trinajstić information content (AvgIpc) is 3.32. The van der Waals surface area contributed by atoms with Gasteiger partial charge in [0.25, 0.3) is 0 Å². The van der Waals surface area contributed by atoms with Crippen molar-refractivity contribution < 1.29 is 9.18 Å². The number of amides is 1. The van der Waals surface area contributed by atoms with Gasteiger partial charge in [0.15, 0.2) is 0 Å². The summed E-state index contributed by atoms with van der Waals surface area (Å²) >= 11 is 0. The van der Waals surface area contributed by atoms with Crippen LogP contribution in [0.15, 0.2) is 54.6 Å². The Kier molecular flexibility index (Phi) is 4.10. The highest BCUT2D eigenvalue weighted by molar-refractivity contribution is 5.91. The van der Waals surface area contributed by atoms with Gasteiger partial charge < -0.3 is 5.32 Å². The average molecular weight is 337 g/mol. The molecule has 2 aliphatic carbocycles. The molecule has 2 nitrogen and oxygen atoms in total. The third-order valence-corrected chi connectivity index (χ3v) is 6.12. The zero-order chi connectivity index (χ0) is 17.3. The number of nitrogens with one attached hydrogen (secondary N) is 1. The maximum absolute atomic E-state index is 13.2. The summed E-state index contributed by atoms with van der Waals surface area (Å²) in [5.41, 5.74) is 1.89. The third-order valence-electron chi connectivity index (χ3n) is 6.12. The normalized spacial score (nSPS) is 20.2. The molecular weight excluding hydrogens is 313 g/mol. The Balaban J connectivity index is 1.50. The molecule has 2 aliphatic rings. The van der Waals surface area contributed by atoms with Crippen LogP contribution in [0.3, 0.4) is 0 Å². The second-order valence-electron chi connectivity index (χ2n) is 7.63. The summed E-state index contributed by atoms with van der Waals surface area (Å²) in [4.78, 5) is 12.9. The molecule has 25 heavy (non-hydrogen) atoms. The molecule has 1 N–H and O–H groups in total. The number of benzene rings is 2. The van der Waals surface area contributed by atoms with E-state index in [9.17, 15) is 9.18 Å². The maximum atomic E-state index is 13.2. The predicted molar refractivity (Wildman–Crippen MR) is 96.9 cm³/mol. The van der Waals surface area contributed by atoms with Crippen LogP contribution in [0.25, 0.3) is 0 Å². The van der Waals surface area contributed by atoms with Gasteiger partial charge in [0.2, 0.25) is 5.91 Å². The van der Waals surface area contributed by atoms with Crippen molar-refractivity contribution >= 4 is 5.91 Å². The van der Waals surface area contributed by atoms with Crippen LogP contribution in [-0.2, 0) is 15.6 Å². The van der Waals surface area contributed by atoms with Crippen molar-refractivity contribution in [2.45, 2.75) is 49.4 Å². The summed E-state index contributed by atoms with van der Waals surface area (Å²) in [5.74, 6) is -0.157. The van der Waals surface area contributed by atoms with Crippen molar-refractivity contribution in [3.8, 4) is 0 Å². The first-order chi connectivity index (χ1) is 12.1. The molecule has 4 rings (SSSR count). The summed E-state index contributed by atoms with van der Waals surface area (Å²) in [6.07, 6.45) is 6.38. The van der Waals surface area contributed by atoms with Gasteiger partial charge in [-0.05, 0) is 48.9 Å². The van der Waals surface area contributed by atoms with E-state index in [2.05, 4.69) is 29.6 Å². The molecule has 130 valence electrons. The Morgan fingerprint density at radius 1 is 0.880 bits per heavy atom. The number of hydrogen-bond acceptors (Lipinski definition) is 1. The SMILES string of the molecule is O=C(NCC1(c2ccccc2)CCCC1)C1(c2ccc(F)cc2)CC1. The standard InChI is InChI=1S/C22H24FNO/c23-19-10-8-18(9-11-19)22(14-15-22)20(25)24-16-21(12-4-5-13-21)17-6-2-1-3-7-17/h1-3,6-11H,4-5,12-16H2,(H,24,25). The van der Waals surface area contributed by atoms with Crippen LogP contribution in [0.5, 0.6) is 0 Å². The fraction of sp³-hybridized carbons (Fsp3) is 0.409. The molecule has 0 aromatic heterocycles. The molecule has 2 aromatic carbocycles. The second kappa shape index (κ2) is 6.29. The molecular formula is C22H24FNO. The number of rotatable bonds is 5. The monoisotopic (exact) mass is 337 g/mol. The molecule has 2 aromatic rings. The molecule has 0 spiro atoms. The number of halogens is 1. The number of carbonyl (C=O) groups excluding carboxylic acids is 1.